The number of aryl methyl sites for hydroxylation is 1. The summed E-state index contributed by atoms with van der Waals surface area (Å²) in [6.45, 7) is 2.16. The van der Waals surface area contributed by atoms with Crippen LogP contribution < -0.4 is 16.2 Å². The Morgan fingerprint density at radius 3 is 2.69 bits per heavy atom. The van der Waals surface area contributed by atoms with Crippen LogP contribution in [0.5, 0.6) is 11.6 Å². The number of hydrogen-bond donors (Lipinski definition) is 3. The number of ether oxygens (including phenoxy) is 1. The van der Waals surface area contributed by atoms with Crippen LogP contribution in [0.3, 0.4) is 0 Å². The average Bonchev–Trinajstić information content (AvgIpc) is 3.00. The van der Waals surface area contributed by atoms with Crippen LogP contribution in [-0.4, -0.2) is 25.5 Å². The molecular formula is C21H19N5O3. The van der Waals surface area contributed by atoms with E-state index in [-0.39, 0.29) is 28.5 Å². The second-order valence-electron chi connectivity index (χ2n) is 6.59. The van der Waals surface area contributed by atoms with E-state index in [0.29, 0.717) is 17.9 Å². The molecule has 0 saturated carbocycles. The lowest BCUT2D eigenvalue weighted by atomic mass is 10.2. The summed E-state index contributed by atoms with van der Waals surface area (Å²) in [5.74, 6) is -0.322. The normalized spacial score (nSPS) is 10.9. The van der Waals surface area contributed by atoms with E-state index in [1.54, 1.807) is 16.7 Å². The van der Waals surface area contributed by atoms with Crippen molar-refractivity contribution in [3.63, 3.8) is 0 Å². The van der Waals surface area contributed by atoms with Crippen LogP contribution in [-0.2, 0) is 6.61 Å². The molecule has 2 aromatic carbocycles. The number of rotatable bonds is 5. The van der Waals surface area contributed by atoms with Crippen LogP contribution in [0, 0.1) is 6.92 Å². The maximum Gasteiger partial charge on any atom is 0.254 e. The lowest BCUT2D eigenvalue weighted by Gasteiger charge is -2.11. The number of phenols is 1. The summed E-state index contributed by atoms with van der Waals surface area (Å²) in [5.41, 5.74) is 14.8. The largest absolute Gasteiger partial charge is 0.508 e. The predicted molar refractivity (Wildman–Crippen MR) is 109 cm³/mol. The SMILES string of the molecule is Cc1ccc(O)cc1-n1c(N)c(C(N)=O)c2nc(OCc3ccccc3)cnc21. The number of anilines is 1. The van der Waals surface area contributed by atoms with E-state index in [1.165, 1.54) is 12.3 Å². The van der Waals surface area contributed by atoms with Crippen molar-refractivity contribution in [2.75, 3.05) is 5.73 Å². The fraction of sp³-hybridized carbons (Fsp3) is 0.0952. The Labute approximate surface area is 166 Å². The summed E-state index contributed by atoms with van der Waals surface area (Å²) in [6, 6.07) is 14.5. The highest BCUT2D eigenvalue weighted by molar-refractivity contribution is 6.09. The average molecular weight is 389 g/mol. The second-order valence-corrected chi connectivity index (χ2v) is 6.59. The van der Waals surface area contributed by atoms with Gasteiger partial charge < -0.3 is 21.3 Å². The van der Waals surface area contributed by atoms with Gasteiger partial charge in [0.05, 0.1) is 11.9 Å². The standard InChI is InChI=1S/C21H19N5O3/c1-12-7-8-14(27)9-15(12)26-19(22)17(20(23)28)18-21(26)24-10-16(25-18)29-11-13-5-3-2-4-6-13/h2-10,27H,11,22H2,1H3,(H2,23,28). The van der Waals surface area contributed by atoms with Crippen LogP contribution >= 0.6 is 0 Å². The molecule has 2 aromatic heterocycles. The quantitative estimate of drug-likeness (QED) is 0.481. The summed E-state index contributed by atoms with van der Waals surface area (Å²) in [4.78, 5) is 20.9. The number of amides is 1. The molecule has 5 N–H and O–H groups in total. The van der Waals surface area contributed by atoms with E-state index in [2.05, 4.69) is 9.97 Å². The van der Waals surface area contributed by atoms with Gasteiger partial charge in [-0.3, -0.25) is 9.36 Å². The maximum atomic E-state index is 12.1. The molecular weight excluding hydrogens is 370 g/mol. The highest BCUT2D eigenvalue weighted by atomic mass is 16.5. The van der Waals surface area contributed by atoms with E-state index in [4.69, 9.17) is 16.2 Å². The maximum absolute atomic E-state index is 12.1. The van der Waals surface area contributed by atoms with Gasteiger partial charge in [0.2, 0.25) is 5.88 Å². The van der Waals surface area contributed by atoms with Crippen molar-refractivity contribution in [2.24, 2.45) is 5.73 Å². The minimum Gasteiger partial charge on any atom is -0.508 e. The Morgan fingerprint density at radius 2 is 1.97 bits per heavy atom. The van der Waals surface area contributed by atoms with Crippen molar-refractivity contribution < 1.29 is 14.6 Å². The number of phenolic OH excluding ortho intramolecular Hbond substituents is 1. The number of carbonyl (C=O) groups excluding carboxylic acids is 1. The fourth-order valence-electron chi connectivity index (χ4n) is 3.17. The molecule has 146 valence electrons. The van der Waals surface area contributed by atoms with Gasteiger partial charge in [0.15, 0.2) is 5.65 Å². The molecule has 0 saturated heterocycles. The van der Waals surface area contributed by atoms with Gasteiger partial charge >= 0.3 is 0 Å². The van der Waals surface area contributed by atoms with Crippen molar-refractivity contribution in [1.82, 2.24) is 14.5 Å². The van der Waals surface area contributed by atoms with Crippen molar-refractivity contribution in [3.8, 4) is 17.3 Å². The highest BCUT2D eigenvalue weighted by Gasteiger charge is 2.24. The van der Waals surface area contributed by atoms with E-state index >= 15 is 0 Å². The van der Waals surface area contributed by atoms with Crippen LogP contribution in [0.2, 0.25) is 0 Å². The topological polar surface area (TPSA) is 129 Å². The predicted octanol–water partition coefficient (Wildman–Crippen LogP) is 2.69. The first-order valence-corrected chi connectivity index (χ1v) is 8.89. The zero-order chi connectivity index (χ0) is 20.5. The van der Waals surface area contributed by atoms with Gasteiger partial charge in [-0.1, -0.05) is 36.4 Å². The van der Waals surface area contributed by atoms with Crippen LogP contribution in [0.4, 0.5) is 5.82 Å². The lowest BCUT2D eigenvalue weighted by molar-refractivity contribution is 0.100. The molecule has 1 amide bonds. The third kappa shape index (κ3) is 3.31. The van der Waals surface area contributed by atoms with Crippen molar-refractivity contribution >= 4 is 22.9 Å². The molecule has 0 aliphatic rings. The van der Waals surface area contributed by atoms with Gasteiger partial charge in [0, 0.05) is 6.07 Å². The molecule has 0 aliphatic heterocycles. The first-order valence-electron chi connectivity index (χ1n) is 8.89. The van der Waals surface area contributed by atoms with E-state index in [1.807, 2.05) is 37.3 Å². The first-order chi connectivity index (χ1) is 14.0. The fourth-order valence-corrected chi connectivity index (χ4v) is 3.17. The van der Waals surface area contributed by atoms with Crippen molar-refractivity contribution in [1.29, 1.82) is 0 Å². The molecule has 8 heteroatoms. The van der Waals surface area contributed by atoms with Gasteiger partial charge in [0.1, 0.15) is 29.3 Å². The smallest absolute Gasteiger partial charge is 0.254 e. The number of fused-ring (bicyclic) bond motifs is 1. The number of nitrogen functional groups attached to an aromatic ring is 1. The minimum atomic E-state index is -0.724. The summed E-state index contributed by atoms with van der Waals surface area (Å²) in [5, 5.41) is 9.90. The Hall–Kier alpha value is -4.07. The summed E-state index contributed by atoms with van der Waals surface area (Å²) < 4.78 is 7.27. The van der Waals surface area contributed by atoms with Gasteiger partial charge in [-0.25, -0.2) is 9.97 Å². The molecule has 0 radical (unpaired) electrons. The van der Waals surface area contributed by atoms with Crippen molar-refractivity contribution in [2.45, 2.75) is 13.5 Å². The Kier molecular flexibility index (Phi) is 4.52. The number of nitrogens with zero attached hydrogens (tertiary/aromatic N) is 3. The first kappa shape index (κ1) is 18.3. The Morgan fingerprint density at radius 1 is 1.21 bits per heavy atom. The van der Waals surface area contributed by atoms with E-state index in [9.17, 15) is 9.90 Å². The number of carbonyl (C=O) groups is 1. The molecule has 0 bridgehead atoms. The lowest BCUT2D eigenvalue weighted by Crippen LogP contribution is -2.14. The molecule has 2 heterocycles. The zero-order valence-corrected chi connectivity index (χ0v) is 15.7. The van der Waals surface area contributed by atoms with Crippen LogP contribution in [0.1, 0.15) is 21.5 Å². The highest BCUT2D eigenvalue weighted by Crippen LogP contribution is 2.32. The molecule has 0 fully saturated rings. The molecule has 0 atom stereocenters. The van der Waals surface area contributed by atoms with Gasteiger partial charge in [-0.15, -0.1) is 0 Å². The van der Waals surface area contributed by atoms with E-state index < -0.39 is 5.91 Å². The van der Waals surface area contributed by atoms with E-state index in [0.717, 1.165) is 11.1 Å². The Balaban J connectivity index is 1.83. The number of hydrogen-bond acceptors (Lipinski definition) is 6. The third-order valence-electron chi connectivity index (χ3n) is 4.59. The Bertz CT molecular complexity index is 1220. The summed E-state index contributed by atoms with van der Waals surface area (Å²) in [6.07, 6.45) is 1.46. The molecule has 0 unspecified atom stereocenters. The monoisotopic (exact) mass is 389 g/mol. The molecule has 0 aliphatic carbocycles. The summed E-state index contributed by atoms with van der Waals surface area (Å²) >= 11 is 0. The number of aromatic nitrogens is 3. The van der Waals surface area contributed by atoms with Gasteiger partial charge in [-0.2, -0.15) is 0 Å². The number of aromatic hydroxyl groups is 1. The number of benzene rings is 2. The minimum absolute atomic E-state index is 0.0559. The van der Waals surface area contributed by atoms with Gasteiger partial charge in [0.25, 0.3) is 5.91 Å². The molecule has 0 spiro atoms. The van der Waals surface area contributed by atoms with Gasteiger partial charge in [-0.05, 0) is 24.1 Å². The third-order valence-corrected chi connectivity index (χ3v) is 4.59. The second kappa shape index (κ2) is 7.16. The van der Waals surface area contributed by atoms with Crippen LogP contribution in [0.15, 0.2) is 54.7 Å². The summed E-state index contributed by atoms with van der Waals surface area (Å²) in [7, 11) is 0. The molecule has 8 nitrogen and oxygen atoms in total. The zero-order valence-electron chi connectivity index (χ0n) is 15.7. The van der Waals surface area contributed by atoms with Crippen LogP contribution in [0.25, 0.3) is 16.9 Å². The van der Waals surface area contributed by atoms with Crippen molar-refractivity contribution in [3.05, 3.63) is 71.4 Å². The number of primary amides is 1. The molecule has 4 rings (SSSR count). The number of nitrogens with two attached hydrogens (primary N) is 2. The molecule has 4 aromatic rings. The molecule has 29 heavy (non-hydrogen) atoms.